The molecule has 5 nitrogen and oxygen atoms in total. The van der Waals surface area contributed by atoms with E-state index in [9.17, 15) is 4.79 Å². The Labute approximate surface area is 94.0 Å². The van der Waals surface area contributed by atoms with Gasteiger partial charge in [-0.25, -0.2) is 0 Å². The Morgan fingerprint density at radius 2 is 2.50 bits per heavy atom. The van der Waals surface area contributed by atoms with Crippen LogP contribution in [0.2, 0.25) is 0 Å². The van der Waals surface area contributed by atoms with Gasteiger partial charge in [0.1, 0.15) is 0 Å². The number of amides is 1. The van der Waals surface area contributed by atoms with Gasteiger partial charge in [0.2, 0.25) is 0 Å². The molecule has 0 radical (unpaired) electrons. The van der Waals surface area contributed by atoms with Crippen molar-refractivity contribution in [3.8, 4) is 0 Å². The molecule has 0 spiro atoms. The molecule has 86 valence electrons. The fourth-order valence-corrected chi connectivity index (χ4v) is 1.71. The van der Waals surface area contributed by atoms with Crippen LogP contribution >= 0.6 is 0 Å². The number of carbonyl (C=O) groups is 1. The molecule has 2 rings (SSSR count). The lowest BCUT2D eigenvalue weighted by Gasteiger charge is -2.23. The van der Waals surface area contributed by atoms with Gasteiger partial charge in [0.15, 0.2) is 0 Å². The van der Waals surface area contributed by atoms with Gasteiger partial charge in [-0.3, -0.25) is 9.78 Å². The van der Waals surface area contributed by atoms with Gasteiger partial charge in [-0.2, -0.15) is 0 Å². The minimum absolute atomic E-state index is 0.0841. The second-order valence-corrected chi connectivity index (χ2v) is 3.85. The molecule has 0 bridgehead atoms. The number of pyridine rings is 1. The first-order valence-electron chi connectivity index (χ1n) is 5.35. The van der Waals surface area contributed by atoms with Crippen LogP contribution in [0.1, 0.15) is 23.2 Å². The number of nitrogen functional groups attached to an aromatic ring is 1. The molecule has 1 fully saturated rings. The lowest BCUT2D eigenvalue weighted by molar-refractivity contribution is 0.0624. The minimum atomic E-state index is -0.180. The van der Waals surface area contributed by atoms with E-state index in [2.05, 4.69) is 10.3 Å². The van der Waals surface area contributed by atoms with Gasteiger partial charge < -0.3 is 15.8 Å². The van der Waals surface area contributed by atoms with Gasteiger partial charge in [0.25, 0.3) is 5.91 Å². The first kappa shape index (κ1) is 10.9. The van der Waals surface area contributed by atoms with Gasteiger partial charge >= 0.3 is 0 Å². The van der Waals surface area contributed by atoms with E-state index in [1.807, 2.05) is 0 Å². The summed E-state index contributed by atoms with van der Waals surface area (Å²) in [6.07, 6.45) is 4.98. The maximum Gasteiger partial charge on any atom is 0.255 e. The summed E-state index contributed by atoms with van der Waals surface area (Å²) in [4.78, 5) is 15.7. The lowest BCUT2D eigenvalue weighted by Crippen LogP contribution is -2.40. The molecule has 1 unspecified atom stereocenters. The number of ether oxygens (including phenoxy) is 1. The number of hydrogen-bond donors (Lipinski definition) is 2. The SMILES string of the molecule is Nc1ccncc1C(=O)NC1CCCOC1. The molecule has 16 heavy (non-hydrogen) atoms. The third-order valence-corrected chi connectivity index (χ3v) is 2.59. The summed E-state index contributed by atoms with van der Waals surface area (Å²) in [7, 11) is 0. The van der Waals surface area contributed by atoms with E-state index in [1.165, 1.54) is 6.20 Å². The molecular formula is C11H15N3O2. The molecule has 2 heterocycles. The average molecular weight is 221 g/mol. The van der Waals surface area contributed by atoms with E-state index in [-0.39, 0.29) is 11.9 Å². The first-order valence-corrected chi connectivity index (χ1v) is 5.35. The monoisotopic (exact) mass is 221 g/mol. The van der Waals surface area contributed by atoms with Crippen LogP contribution in [-0.2, 0) is 4.74 Å². The van der Waals surface area contributed by atoms with Crippen LogP contribution in [0, 0.1) is 0 Å². The molecule has 3 N–H and O–H groups in total. The first-order chi connectivity index (χ1) is 7.77. The highest BCUT2D eigenvalue weighted by Gasteiger charge is 2.18. The Kier molecular flexibility index (Phi) is 3.36. The second-order valence-electron chi connectivity index (χ2n) is 3.85. The second kappa shape index (κ2) is 4.94. The summed E-state index contributed by atoms with van der Waals surface area (Å²) in [6, 6.07) is 1.70. The molecule has 1 aromatic heterocycles. The van der Waals surface area contributed by atoms with Crippen molar-refractivity contribution < 1.29 is 9.53 Å². The molecule has 0 aliphatic carbocycles. The highest BCUT2D eigenvalue weighted by atomic mass is 16.5. The molecule has 1 aliphatic rings. The Morgan fingerprint density at radius 3 is 3.19 bits per heavy atom. The van der Waals surface area contributed by atoms with Gasteiger partial charge in [-0.15, -0.1) is 0 Å². The maximum atomic E-state index is 11.8. The van der Waals surface area contributed by atoms with Crippen LogP contribution < -0.4 is 11.1 Å². The van der Waals surface area contributed by atoms with E-state index in [0.717, 1.165) is 19.4 Å². The van der Waals surface area contributed by atoms with Gasteiger partial charge in [0.05, 0.1) is 18.2 Å². The molecule has 5 heteroatoms. The highest BCUT2D eigenvalue weighted by molar-refractivity contribution is 5.98. The summed E-state index contributed by atoms with van der Waals surface area (Å²) in [5.41, 5.74) is 6.57. The topological polar surface area (TPSA) is 77.2 Å². The molecule has 1 atom stereocenters. The van der Waals surface area contributed by atoms with Crippen molar-refractivity contribution in [1.82, 2.24) is 10.3 Å². The Morgan fingerprint density at radius 1 is 1.62 bits per heavy atom. The summed E-state index contributed by atoms with van der Waals surface area (Å²) in [5.74, 6) is -0.180. The molecule has 1 aromatic rings. The average Bonchev–Trinajstić information content (AvgIpc) is 2.31. The molecule has 0 aromatic carbocycles. The van der Waals surface area contributed by atoms with Gasteiger partial charge in [-0.05, 0) is 18.9 Å². The third kappa shape index (κ3) is 2.49. The van der Waals surface area contributed by atoms with Gasteiger partial charge in [0, 0.05) is 24.7 Å². The largest absolute Gasteiger partial charge is 0.398 e. The van der Waals surface area contributed by atoms with E-state index in [1.54, 1.807) is 12.3 Å². The van der Waals surface area contributed by atoms with Crippen LogP contribution in [-0.4, -0.2) is 30.1 Å². The van der Waals surface area contributed by atoms with Crippen LogP contribution in [0.15, 0.2) is 18.5 Å². The van der Waals surface area contributed by atoms with Crippen LogP contribution in [0.3, 0.4) is 0 Å². The zero-order valence-electron chi connectivity index (χ0n) is 8.98. The van der Waals surface area contributed by atoms with Crippen LogP contribution in [0.5, 0.6) is 0 Å². The van der Waals surface area contributed by atoms with Crippen LogP contribution in [0.4, 0.5) is 5.69 Å². The number of nitrogens with two attached hydrogens (primary N) is 1. The number of nitrogens with zero attached hydrogens (tertiary/aromatic N) is 1. The van der Waals surface area contributed by atoms with Crippen molar-refractivity contribution in [2.45, 2.75) is 18.9 Å². The minimum Gasteiger partial charge on any atom is -0.398 e. The van der Waals surface area contributed by atoms with Crippen LogP contribution in [0.25, 0.3) is 0 Å². The van der Waals surface area contributed by atoms with E-state index >= 15 is 0 Å². The predicted molar refractivity (Wildman–Crippen MR) is 60.0 cm³/mol. The summed E-state index contributed by atoms with van der Waals surface area (Å²) < 4.78 is 5.29. The van der Waals surface area contributed by atoms with Crippen molar-refractivity contribution >= 4 is 11.6 Å². The van der Waals surface area contributed by atoms with Crippen molar-refractivity contribution in [3.05, 3.63) is 24.0 Å². The van der Waals surface area contributed by atoms with Gasteiger partial charge in [-0.1, -0.05) is 0 Å². The van der Waals surface area contributed by atoms with E-state index < -0.39 is 0 Å². The van der Waals surface area contributed by atoms with Crippen molar-refractivity contribution in [1.29, 1.82) is 0 Å². The number of carbonyl (C=O) groups excluding carboxylic acids is 1. The summed E-state index contributed by atoms with van der Waals surface area (Å²) in [6.45, 7) is 1.35. The maximum absolute atomic E-state index is 11.8. The Bertz CT molecular complexity index is 375. The molecular weight excluding hydrogens is 206 g/mol. The zero-order valence-corrected chi connectivity index (χ0v) is 8.98. The zero-order chi connectivity index (χ0) is 11.4. The third-order valence-electron chi connectivity index (χ3n) is 2.59. The molecule has 1 saturated heterocycles. The summed E-state index contributed by atoms with van der Waals surface area (Å²) >= 11 is 0. The number of rotatable bonds is 2. The van der Waals surface area contributed by atoms with Crippen molar-refractivity contribution in [3.63, 3.8) is 0 Å². The molecule has 1 aliphatic heterocycles. The molecule has 0 saturated carbocycles. The van der Waals surface area contributed by atoms with Crippen molar-refractivity contribution in [2.75, 3.05) is 18.9 Å². The molecule has 1 amide bonds. The van der Waals surface area contributed by atoms with Crippen molar-refractivity contribution in [2.24, 2.45) is 0 Å². The fraction of sp³-hybridized carbons (Fsp3) is 0.455. The lowest BCUT2D eigenvalue weighted by atomic mass is 10.1. The number of aromatic nitrogens is 1. The Hall–Kier alpha value is -1.62. The summed E-state index contributed by atoms with van der Waals surface area (Å²) in [5, 5.41) is 2.89. The number of nitrogens with one attached hydrogen (secondary N) is 1. The smallest absolute Gasteiger partial charge is 0.255 e. The number of hydrogen-bond acceptors (Lipinski definition) is 4. The standard InChI is InChI=1S/C11H15N3O2/c12-10-3-4-13-6-9(10)11(15)14-8-2-1-5-16-7-8/h3-4,6,8H,1-2,5,7H2,(H2,12,13)(H,14,15). The normalized spacial score (nSPS) is 20.4. The Balaban J connectivity index is 2.00. The predicted octanol–water partition coefficient (Wildman–Crippen LogP) is 0.573. The number of anilines is 1. The fourth-order valence-electron chi connectivity index (χ4n) is 1.71. The quantitative estimate of drug-likeness (QED) is 0.765. The van der Waals surface area contributed by atoms with E-state index in [0.29, 0.717) is 17.9 Å². The van der Waals surface area contributed by atoms with E-state index in [4.69, 9.17) is 10.5 Å². The highest BCUT2D eigenvalue weighted by Crippen LogP contribution is 2.11.